The van der Waals surface area contributed by atoms with Crippen molar-refractivity contribution in [2.75, 3.05) is 18.1 Å². The highest BCUT2D eigenvalue weighted by Gasteiger charge is 2.33. The highest BCUT2D eigenvalue weighted by Crippen LogP contribution is 2.43. The maximum atomic E-state index is 11.5. The van der Waals surface area contributed by atoms with Crippen LogP contribution in [0.1, 0.15) is 52.9 Å². The highest BCUT2D eigenvalue weighted by molar-refractivity contribution is 7.91. The molecule has 1 aliphatic carbocycles. The maximum Gasteiger partial charge on any atom is 0.150 e. The van der Waals surface area contributed by atoms with E-state index < -0.39 is 9.84 Å². The summed E-state index contributed by atoms with van der Waals surface area (Å²) >= 11 is 0. The Labute approximate surface area is 112 Å². The van der Waals surface area contributed by atoms with E-state index in [1.807, 2.05) is 0 Å². The van der Waals surface area contributed by atoms with Crippen molar-refractivity contribution in [3.8, 4) is 0 Å². The summed E-state index contributed by atoms with van der Waals surface area (Å²) in [7, 11) is -2.80. The summed E-state index contributed by atoms with van der Waals surface area (Å²) in [4.78, 5) is 0. The van der Waals surface area contributed by atoms with Crippen LogP contribution in [0.3, 0.4) is 0 Å². The summed E-state index contributed by atoms with van der Waals surface area (Å²) < 4.78 is 23.0. The minimum absolute atomic E-state index is 0.267. The van der Waals surface area contributed by atoms with Crippen LogP contribution in [0.2, 0.25) is 0 Å². The minimum Gasteiger partial charge on any atom is -0.330 e. The number of sulfone groups is 1. The Morgan fingerprint density at radius 2 is 1.94 bits per heavy atom. The average molecular weight is 275 g/mol. The van der Waals surface area contributed by atoms with Crippen molar-refractivity contribution < 1.29 is 8.42 Å². The molecule has 0 amide bonds. The number of nitrogens with two attached hydrogens (primary N) is 1. The van der Waals surface area contributed by atoms with Gasteiger partial charge in [0.2, 0.25) is 0 Å². The molecule has 0 aromatic carbocycles. The quantitative estimate of drug-likeness (QED) is 0.810. The van der Waals surface area contributed by atoms with E-state index in [2.05, 4.69) is 13.8 Å². The molecule has 0 aromatic rings. The summed E-state index contributed by atoms with van der Waals surface area (Å²) in [6.45, 7) is 7.11. The molecule has 2 atom stereocenters. The summed E-state index contributed by atoms with van der Waals surface area (Å²) in [5.74, 6) is 1.83. The van der Waals surface area contributed by atoms with E-state index in [4.69, 9.17) is 5.73 Å². The van der Waals surface area contributed by atoms with Crippen molar-refractivity contribution in [3.63, 3.8) is 0 Å². The number of hydrogen-bond acceptors (Lipinski definition) is 3. The monoisotopic (exact) mass is 275 g/mol. The molecule has 3 nitrogen and oxygen atoms in total. The van der Waals surface area contributed by atoms with Gasteiger partial charge in [-0.1, -0.05) is 20.8 Å². The Morgan fingerprint density at radius 3 is 2.50 bits per heavy atom. The van der Waals surface area contributed by atoms with E-state index in [0.717, 1.165) is 19.4 Å². The fourth-order valence-electron chi connectivity index (χ4n) is 3.15. The first-order chi connectivity index (χ1) is 8.29. The van der Waals surface area contributed by atoms with E-state index in [9.17, 15) is 8.42 Å². The standard InChI is InChI=1S/C14H29NO2S/c1-4-18(16,17)9-5-6-12-10-14(2,3)8-7-13(12)11-15/h12-13H,4-11,15H2,1-3H3. The van der Waals surface area contributed by atoms with Crippen LogP contribution < -0.4 is 5.73 Å². The van der Waals surface area contributed by atoms with Crippen LogP contribution >= 0.6 is 0 Å². The second-order valence-corrected chi connectivity index (χ2v) is 9.01. The van der Waals surface area contributed by atoms with E-state index in [0.29, 0.717) is 23.0 Å². The highest BCUT2D eigenvalue weighted by atomic mass is 32.2. The first kappa shape index (κ1) is 16.0. The van der Waals surface area contributed by atoms with Gasteiger partial charge in [-0.25, -0.2) is 8.42 Å². The fraction of sp³-hybridized carbons (Fsp3) is 1.00. The predicted molar refractivity (Wildman–Crippen MR) is 77.2 cm³/mol. The van der Waals surface area contributed by atoms with Gasteiger partial charge in [0.05, 0.1) is 5.75 Å². The predicted octanol–water partition coefficient (Wildman–Crippen LogP) is 2.60. The molecule has 1 fully saturated rings. The molecule has 1 aliphatic rings. The summed E-state index contributed by atoms with van der Waals surface area (Å²) in [6.07, 6.45) is 5.46. The van der Waals surface area contributed by atoms with Crippen molar-refractivity contribution in [2.24, 2.45) is 23.0 Å². The van der Waals surface area contributed by atoms with Crippen LogP contribution in [0.15, 0.2) is 0 Å². The Morgan fingerprint density at radius 1 is 1.28 bits per heavy atom. The second-order valence-electron chi connectivity index (χ2n) is 6.54. The number of hydrogen-bond donors (Lipinski definition) is 1. The lowest BCUT2D eigenvalue weighted by Gasteiger charge is -2.40. The van der Waals surface area contributed by atoms with Crippen LogP contribution in [0.4, 0.5) is 0 Å². The van der Waals surface area contributed by atoms with Gasteiger partial charge in [0.15, 0.2) is 0 Å². The fourth-order valence-corrected chi connectivity index (χ4v) is 4.04. The summed E-state index contributed by atoms with van der Waals surface area (Å²) in [5.41, 5.74) is 6.25. The van der Waals surface area contributed by atoms with Gasteiger partial charge in [-0.3, -0.25) is 0 Å². The third-order valence-corrected chi connectivity index (χ3v) is 6.24. The molecule has 108 valence electrons. The topological polar surface area (TPSA) is 60.2 Å². The number of rotatable bonds is 6. The lowest BCUT2D eigenvalue weighted by Crippen LogP contribution is -2.34. The Kier molecular flexibility index (Phi) is 5.66. The zero-order valence-corrected chi connectivity index (χ0v) is 12.9. The molecule has 0 saturated heterocycles. The molecule has 0 bridgehead atoms. The van der Waals surface area contributed by atoms with Crippen molar-refractivity contribution in [3.05, 3.63) is 0 Å². The zero-order chi connectivity index (χ0) is 13.8. The molecular formula is C14H29NO2S. The lowest BCUT2D eigenvalue weighted by molar-refractivity contribution is 0.115. The molecule has 18 heavy (non-hydrogen) atoms. The minimum atomic E-state index is -2.80. The first-order valence-corrected chi connectivity index (χ1v) is 9.02. The third-order valence-electron chi connectivity index (χ3n) is 4.45. The average Bonchev–Trinajstić information content (AvgIpc) is 2.28. The molecule has 0 aliphatic heterocycles. The molecule has 1 saturated carbocycles. The van der Waals surface area contributed by atoms with Gasteiger partial charge in [-0.15, -0.1) is 0 Å². The SMILES string of the molecule is CCS(=O)(=O)CCCC1CC(C)(C)CCC1CN. The van der Waals surface area contributed by atoms with Crippen LogP contribution in [0.5, 0.6) is 0 Å². The van der Waals surface area contributed by atoms with Crippen molar-refractivity contribution in [1.82, 2.24) is 0 Å². The molecule has 2 N–H and O–H groups in total. The molecule has 2 unspecified atom stereocenters. The van der Waals surface area contributed by atoms with Crippen LogP contribution in [0.25, 0.3) is 0 Å². The van der Waals surface area contributed by atoms with E-state index in [1.165, 1.54) is 19.3 Å². The normalized spacial score (nSPS) is 28.2. The maximum absolute atomic E-state index is 11.5. The molecular weight excluding hydrogens is 246 g/mol. The van der Waals surface area contributed by atoms with Crippen molar-refractivity contribution >= 4 is 9.84 Å². The first-order valence-electron chi connectivity index (χ1n) is 7.20. The molecule has 1 rings (SSSR count). The van der Waals surface area contributed by atoms with Crippen molar-refractivity contribution in [2.45, 2.75) is 52.9 Å². The summed E-state index contributed by atoms with van der Waals surface area (Å²) in [5, 5.41) is 0. The van der Waals surface area contributed by atoms with Gasteiger partial charge in [0, 0.05) is 5.75 Å². The van der Waals surface area contributed by atoms with E-state index >= 15 is 0 Å². The van der Waals surface area contributed by atoms with Gasteiger partial charge < -0.3 is 5.73 Å². The zero-order valence-electron chi connectivity index (χ0n) is 12.1. The largest absolute Gasteiger partial charge is 0.330 e. The molecule has 0 spiro atoms. The van der Waals surface area contributed by atoms with Crippen LogP contribution in [-0.4, -0.2) is 26.5 Å². The lowest BCUT2D eigenvalue weighted by atomic mass is 9.66. The van der Waals surface area contributed by atoms with E-state index in [1.54, 1.807) is 6.92 Å². The van der Waals surface area contributed by atoms with Gasteiger partial charge in [0.25, 0.3) is 0 Å². The Hall–Kier alpha value is -0.0900. The van der Waals surface area contributed by atoms with Crippen LogP contribution in [0, 0.1) is 17.3 Å². The van der Waals surface area contributed by atoms with Gasteiger partial charge >= 0.3 is 0 Å². The van der Waals surface area contributed by atoms with Gasteiger partial charge in [-0.05, 0) is 55.9 Å². The molecule has 0 aromatic heterocycles. The van der Waals surface area contributed by atoms with Gasteiger partial charge in [0.1, 0.15) is 9.84 Å². The van der Waals surface area contributed by atoms with Crippen LogP contribution in [-0.2, 0) is 9.84 Å². The Balaban J connectivity index is 2.47. The molecule has 0 heterocycles. The second kappa shape index (κ2) is 6.38. The van der Waals surface area contributed by atoms with Gasteiger partial charge in [-0.2, -0.15) is 0 Å². The third kappa shape index (κ3) is 4.88. The molecule has 0 radical (unpaired) electrons. The van der Waals surface area contributed by atoms with E-state index in [-0.39, 0.29) is 5.75 Å². The van der Waals surface area contributed by atoms with Crippen molar-refractivity contribution in [1.29, 1.82) is 0 Å². The smallest absolute Gasteiger partial charge is 0.150 e. The molecule has 4 heteroatoms. The Bertz CT molecular complexity index is 349. The summed E-state index contributed by atoms with van der Waals surface area (Å²) in [6, 6.07) is 0.